The van der Waals surface area contributed by atoms with Gasteiger partial charge in [0.25, 0.3) is 0 Å². The van der Waals surface area contributed by atoms with Gasteiger partial charge in [0.05, 0.1) is 26.7 Å². The second kappa shape index (κ2) is 7.92. The van der Waals surface area contributed by atoms with Crippen molar-refractivity contribution >= 4 is 5.91 Å². The van der Waals surface area contributed by atoms with E-state index < -0.39 is 5.60 Å². The summed E-state index contributed by atoms with van der Waals surface area (Å²) in [5.41, 5.74) is -0.862. The minimum atomic E-state index is -1.30. The number of carbonyl (C=O) groups is 1. The Morgan fingerprint density at radius 2 is 2.25 bits per heavy atom. The van der Waals surface area contributed by atoms with Crippen LogP contribution in [0.5, 0.6) is 5.75 Å². The molecule has 0 spiro atoms. The fraction of sp³-hybridized carbons (Fsp3) is 0.588. The van der Waals surface area contributed by atoms with Gasteiger partial charge in [-0.25, -0.2) is 4.39 Å². The van der Waals surface area contributed by atoms with Crippen LogP contribution in [0.15, 0.2) is 18.2 Å². The molecule has 1 N–H and O–H groups in total. The van der Waals surface area contributed by atoms with Crippen molar-refractivity contribution in [2.75, 3.05) is 47.5 Å². The second-order valence-corrected chi connectivity index (χ2v) is 6.37. The molecule has 134 valence electrons. The van der Waals surface area contributed by atoms with Gasteiger partial charge in [-0.1, -0.05) is 6.07 Å². The number of hydrogen-bond acceptors (Lipinski definition) is 5. The summed E-state index contributed by atoms with van der Waals surface area (Å²) in [7, 11) is 4.78. The van der Waals surface area contributed by atoms with Crippen molar-refractivity contribution in [1.29, 1.82) is 0 Å². The normalized spacial score (nSPS) is 22.0. The lowest BCUT2D eigenvalue weighted by atomic mass is 9.99. The minimum absolute atomic E-state index is 0.0368. The zero-order valence-corrected chi connectivity index (χ0v) is 14.4. The summed E-state index contributed by atoms with van der Waals surface area (Å²) in [6.07, 6.45) is -0.0368. The Kier molecular flexibility index (Phi) is 6.15. The number of carbonyl (C=O) groups excluding carboxylic acids is 1. The highest BCUT2D eigenvalue weighted by Crippen LogP contribution is 2.25. The lowest BCUT2D eigenvalue weighted by molar-refractivity contribution is -0.136. The van der Waals surface area contributed by atoms with E-state index >= 15 is 0 Å². The number of halogens is 1. The van der Waals surface area contributed by atoms with E-state index in [-0.39, 0.29) is 37.8 Å². The summed E-state index contributed by atoms with van der Waals surface area (Å²) < 4.78 is 24.8. The first-order valence-electron chi connectivity index (χ1n) is 7.88. The van der Waals surface area contributed by atoms with E-state index in [2.05, 4.69) is 0 Å². The van der Waals surface area contributed by atoms with Crippen LogP contribution in [0, 0.1) is 5.82 Å². The number of hydrogen-bond donors (Lipinski definition) is 1. The molecule has 0 unspecified atom stereocenters. The molecule has 1 saturated heterocycles. The van der Waals surface area contributed by atoms with E-state index in [0.717, 1.165) is 0 Å². The molecule has 24 heavy (non-hydrogen) atoms. The van der Waals surface area contributed by atoms with Crippen LogP contribution in [0.1, 0.15) is 12.0 Å². The van der Waals surface area contributed by atoms with Crippen molar-refractivity contribution in [2.24, 2.45) is 0 Å². The van der Waals surface area contributed by atoms with Crippen LogP contribution in [0.4, 0.5) is 4.39 Å². The Morgan fingerprint density at radius 3 is 2.92 bits per heavy atom. The van der Waals surface area contributed by atoms with E-state index in [1.807, 2.05) is 4.90 Å². The minimum Gasteiger partial charge on any atom is -0.496 e. The van der Waals surface area contributed by atoms with Crippen molar-refractivity contribution in [2.45, 2.75) is 18.6 Å². The van der Waals surface area contributed by atoms with Crippen molar-refractivity contribution in [1.82, 2.24) is 9.80 Å². The molecule has 1 aromatic rings. The molecule has 1 heterocycles. The molecule has 7 heteroatoms. The third kappa shape index (κ3) is 4.66. The Balaban J connectivity index is 2.14. The van der Waals surface area contributed by atoms with E-state index in [0.29, 0.717) is 24.5 Å². The third-order valence-corrected chi connectivity index (χ3v) is 4.10. The molecule has 1 aliphatic heterocycles. The monoisotopic (exact) mass is 340 g/mol. The molecule has 2 rings (SSSR count). The van der Waals surface area contributed by atoms with Gasteiger partial charge in [0.2, 0.25) is 5.91 Å². The molecule has 0 saturated carbocycles. The number of methoxy groups -OCH3 is 1. The third-order valence-electron chi connectivity index (χ3n) is 4.10. The zero-order valence-electron chi connectivity index (χ0n) is 14.4. The van der Waals surface area contributed by atoms with E-state index in [4.69, 9.17) is 9.47 Å². The van der Waals surface area contributed by atoms with Gasteiger partial charge in [-0.3, -0.25) is 9.69 Å². The highest BCUT2D eigenvalue weighted by Gasteiger charge is 2.35. The number of benzene rings is 1. The number of amides is 1. The Morgan fingerprint density at radius 1 is 1.50 bits per heavy atom. The van der Waals surface area contributed by atoms with Gasteiger partial charge >= 0.3 is 0 Å². The summed E-state index contributed by atoms with van der Waals surface area (Å²) in [6, 6.07) is 4.68. The Bertz CT molecular complexity index is 582. The van der Waals surface area contributed by atoms with Crippen LogP contribution in [-0.2, 0) is 16.1 Å². The summed E-state index contributed by atoms with van der Waals surface area (Å²) in [5.74, 6) is -0.0630. The maximum absolute atomic E-state index is 14.1. The van der Waals surface area contributed by atoms with Gasteiger partial charge in [-0.05, 0) is 12.1 Å². The van der Waals surface area contributed by atoms with Crippen LogP contribution in [0.25, 0.3) is 0 Å². The molecule has 6 nitrogen and oxygen atoms in total. The second-order valence-electron chi connectivity index (χ2n) is 6.37. The molecule has 1 atom stereocenters. The number of ether oxygens (including phenoxy) is 2. The van der Waals surface area contributed by atoms with Crippen molar-refractivity contribution < 1.29 is 23.8 Å². The first kappa shape index (κ1) is 18.6. The van der Waals surface area contributed by atoms with Gasteiger partial charge in [-0.15, -0.1) is 0 Å². The highest BCUT2D eigenvalue weighted by atomic mass is 19.1. The predicted octanol–water partition coefficient (Wildman–Crippen LogP) is 0.876. The van der Waals surface area contributed by atoms with Crippen LogP contribution in [-0.4, -0.2) is 73.9 Å². The summed E-state index contributed by atoms with van der Waals surface area (Å²) in [5, 5.41) is 10.8. The maximum atomic E-state index is 14.1. The quantitative estimate of drug-likeness (QED) is 0.862. The average Bonchev–Trinajstić information content (AvgIpc) is 2.70. The molecule has 0 aromatic heterocycles. The highest BCUT2D eigenvalue weighted by molar-refractivity contribution is 5.76. The Hall–Kier alpha value is -1.70. The van der Waals surface area contributed by atoms with Crippen molar-refractivity contribution in [3.8, 4) is 5.75 Å². The fourth-order valence-electron chi connectivity index (χ4n) is 2.79. The number of β-amino-alcohol motifs (C(OH)–C–C–N with tert-alkyl or cyclic N) is 1. The van der Waals surface area contributed by atoms with Gasteiger partial charge in [0.1, 0.15) is 17.2 Å². The van der Waals surface area contributed by atoms with Gasteiger partial charge in [0.15, 0.2) is 0 Å². The van der Waals surface area contributed by atoms with Crippen molar-refractivity contribution in [3.63, 3.8) is 0 Å². The SMILES string of the molecule is COc1cccc(F)c1CN1CCOC[C@](O)(CC(=O)N(C)C)C1. The molecular formula is C17H25FN2O4. The standard InChI is InChI=1S/C17H25FN2O4/c1-19(2)16(21)9-17(22)11-20(7-8-24-12-17)10-13-14(18)5-4-6-15(13)23-3/h4-6,22H,7-12H2,1-3H3/t17-/m0/s1. The smallest absolute Gasteiger partial charge is 0.225 e. The first-order valence-corrected chi connectivity index (χ1v) is 7.88. The lowest BCUT2D eigenvalue weighted by Crippen LogP contribution is -2.47. The van der Waals surface area contributed by atoms with Gasteiger partial charge < -0.3 is 19.5 Å². The van der Waals surface area contributed by atoms with E-state index in [9.17, 15) is 14.3 Å². The molecule has 1 amide bonds. The topological polar surface area (TPSA) is 62.2 Å². The van der Waals surface area contributed by atoms with Crippen LogP contribution >= 0.6 is 0 Å². The number of nitrogens with zero attached hydrogens (tertiary/aromatic N) is 2. The van der Waals surface area contributed by atoms with Crippen LogP contribution in [0.3, 0.4) is 0 Å². The number of rotatable bonds is 5. The molecule has 1 fully saturated rings. The van der Waals surface area contributed by atoms with Crippen LogP contribution in [0.2, 0.25) is 0 Å². The van der Waals surface area contributed by atoms with Gasteiger partial charge in [-0.2, -0.15) is 0 Å². The molecule has 0 aliphatic carbocycles. The maximum Gasteiger partial charge on any atom is 0.225 e. The predicted molar refractivity (Wildman–Crippen MR) is 87.3 cm³/mol. The summed E-state index contributed by atoms with van der Waals surface area (Å²) >= 11 is 0. The summed E-state index contributed by atoms with van der Waals surface area (Å²) in [4.78, 5) is 15.3. The molecular weight excluding hydrogens is 315 g/mol. The Labute approximate surface area is 141 Å². The molecule has 1 aliphatic rings. The lowest BCUT2D eigenvalue weighted by Gasteiger charge is -2.31. The zero-order chi connectivity index (χ0) is 17.7. The molecule has 0 bridgehead atoms. The van der Waals surface area contributed by atoms with Gasteiger partial charge in [0, 0.05) is 39.3 Å². The molecule has 0 radical (unpaired) electrons. The van der Waals surface area contributed by atoms with Crippen LogP contribution < -0.4 is 4.74 Å². The molecule has 1 aromatic carbocycles. The number of aliphatic hydroxyl groups is 1. The van der Waals surface area contributed by atoms with E-state index in [1.165, 1.54) is 18.1 Å². The largest absolute Gasteiger partial charge is 0.496 e. The first-order chi connectivity index (χ1) is 11.3. The summed E-state index contributed by atoms with van der Waals surface area (Å²) in [6.45, 7) is 1.53. The average molecular weight is 340 g/mol. The van der Waals surface area contributed by atoms with Crippen molar-refractivity contribution in [3.05, 3.63) is 29.6 Å². The fourth-order valence-corrected chi connectivity index (χ4v) is 2.79. The van der Waals surface area contributed by atoms with E-state index in [1.54, 1.807) is 26.2 Å².